The minimum absolute atomic E-state index is 0.204. The van der Waals surface area contributed by atoms with E-state index in [1.165, 1.54) is 10.8 Å². The molecule has 0 aliphatic carbocycles. The van der Waals surface area contributed by atoms with Gasteiger partial charge in [-0.3, -0.25) is 4.79 Å². The molecule has 2 aromatic carbocycles. The van der Waals surface area contributed by atoms with Crippen molar-refractivity contribution in [2.24, 2.45) is 5.92 Å². The first kappa shape index (κ1) is 16.8. The van der Waals surface area contributed by atoms with Crippen LogP contribution in [-0.2, 0) is 17.6 Å². The van der Waals surface area contributed by atoms with Gasteiger partial charge in [0, 0.05) is 26.4 Å². The Balaban J connectivity index is 1.44. The van der Waals surface area contributed by atoms with E-state index in [0.29, 0.717) is 18.2 Å². The lowest BCUT2D eigenvalue weighted by Gasteiger charge is -2.32. The molecule has 5 heteroatoms. The molecule has 2 heterocycles. The van der Waals surface area contributed by atoms with Crippen LogP contribution in [0.5, 0.6) is 0 Å². The van der Waals surface area contributed by atoms with E-state index in [0.717, 1.165) is 43.7 Å². The monoisotopic (exact) mass is 349 g/mol. The highest BCUT2D eigenvalue weighted by Gasteiger charge is 2.25. The van der Waals surface area contributed by atoms with Crippen LogP contribution in [-0.4, -0.2) is 34.0 Å². The second-order valence-electron chi connectivity index (χ2n) is 7.10. The van der Waals surface area contributed by atoms with Gasteiger partial charge in [-0.1, -0.05) is 47.6 Å². The Morgan fingerprint density at radius 2 is 2.08 bits per heavy atom. The Morgan fingerprint density at radius 3 is 2.92 bits per heavy atom. The zero-order valence-corrected chi connectivity index (χ0v) is 15.0. The maximum Gasteiger partial charge on any atom is 0.227 e. The molecule has 1 saturated heterocycles. The van der Waals surface area contributed by atoms with Gasteiger partial charge in [0.1, 0.15) is 0 Å². The second kappa shape index (κ2) is 7.28. The van der Waals surface area contributed by atoms with E-state index in [-0.39, 0.29) is 5.91 Å². The van der Waals surface area contributed by atoms with Crippen molar-refractivity contribution in [3.05, 3.63) is 59.7 Å². The predicted octanol–water partition coefficient (Wildman–Crippen LogP) is 3.56. The highest BCUT2D eigenvalue weighted by Crippen LogP contribution is 2.23. The summed E-state index contributed by atoms with van der Waals surface area (Å²) in [5, 5.41) is 6.34. The van der Waals surface area contributed by atoms with Crippen molar-refractivity contribution in [2.75, 3.05) is 13.1 Å². The maximum atomic E-state index is 12.9. The Hall–Kier alpha value is -2.69. The minimum atomic E-state index is 0.204. The van der Waals surface area contributed by atoms with Gasteiger partial charge in [-0.15, -0.1) is 0 Å². The summed E-state index contributed by atoms with van der Waals surface area (Å²) in [6, 6.07) is 14.4. The molecule has 5 nitrogen and oxygen atoms in total. The van der Waals surface area contributed by atoms with Gasteiger partial charge < -0.3 is 9.42 Å². The molecule has 1 aliphatic rings. The molecule has 1 amide bonds. The number of piperidine rings is 1. The van der Waals surface area contributed by atoms with Crippen molar-refractivity contribution in [2.45, 2.75) is 32.6 Å². The van der Waals surface area contributed by atoms with Crippen LogP contribution in [0, 0.1) is 12.8 Å². The molecule has 4 rings (SSSR count). The van der Waals surface area contributed by atoms with Crippen LogP contribution in [0.4, 0.5) is 0 Å². The summed E-state index contributed by atoms with van der Waals surface area (Å²) in [5.74, 6) is 1.95. The maximum absolute atomic E-state index is 12.9. The molecule has 134 valence electrons. The largest absolute Gasteiger partial charge is 0.342 e. The molecular formula is C21H23N3O2. The quantitative estimate of drug-likeness (QED) is 0.723. The van der Waals surface area contributed by atoms with Crippen LogP contribution in [0.1, 0.15) is 30.1 Å². The van der Waals surface area contributed by atoms with E-state index in [1.54, 1.807) is 6.92 Å². The first-order valence-corrected chi connectivity index (χ1v) is 9.22. The summed E-state index contributed by atoms with van der Waals surface area (Å²) in [4.78, 5) is 19.2. The zero-order chi connectivity index (χ0) is 17.9. The first-order valence-electron chi connectivity index (χ1n) is 9.22. The molecule has 0 bridgehead atoms. The molecule has 3 aromatic rings. The van der Waals surface area contributed by atoms with Gasteiger partial charge in [0.15, 0.2) is 5.82 Å². The Labute approximate surface area is 153 Å². The molecule has 26 heavy (non-hydrogen) atoms. The lowest BCUT2D eigenvalue weighted by Crippen LogP contribution is -2.41. The highest BCUT2D eigenvalue weighted by atomic mass is 16.5. The summed E-state index contributed by atoms with van der Waals surface area (Å²) < 4.78 is 5.06. The van der Waals surface area contributed by atoms with Crippen LogP contribution in [0.2, 0.25) is 0 Å². The molecule has 0 radical (unpaired) electrons. The summed E-state index contributed by atoms with van der Waals surface area (Å²) in [6.07, 6.45) is 3.36. The average molecular weight is 349 g/mol. The predicted molar refractivity (Wildman–Crippen MR) is 99.7 cm³/mol. The number of hydrogen-bond donors (Lipinski definition) is 0. The summed E-state index contributed by atoms with van der Waals surface area (Å²) in [7, 11) is 0. The van der Waals surface area contributed by atoms with Crippen molar-refractivity contribution in [1.82, 2.24) is 15.0 Å². The topological polar surface area (TPSA) is 59.2 Å². The molecule has 0 N–H and O–H groups in total. The number of fused-ring (bicyclic) bond motifs is 1. The van der Waals surface area contributed by atoms with Gasteiger partial charge in [0.25, 0.3) is 0 Å². The third-order valence-corrected chi connectivity index (χ3v) is 5.13. The minimum Gasteiger partial charge on any atom is -0.342 e. The van der Waals surface area contributed by atoms with Crippen LogP contribution >= 0.6 is 0 Å². The zero-order valence-electron chi connectivity index (χ0n) is 15.0. The third-order valence-electron chi connectivity index (χ3n) is 5.13. The molecule has 1 aromatic heterocycles. The number of rotatable bonds is 4. The van der Waals surface area contributed by atoms with E-state index in [1.807, 2.05) is 23.1 Å². The molecule has 0 unspecified atom stereocenters. The first-order chi connectivity index (χ1) is 12.7. The fourth-order valence-electron chi connectivity index (χ4n) is 3.86. The summed E-state index contributed by atoms with van der Waals surface area (Å²) >= 11 is 0. The number of benzene rings is 2. The second-order valence-corrected chi connectivity index (χ2v) is 7.10. The Morgan fingerprint density at radius 1 is 1.23 bits per heavy atom. The molecule has 1 atom stereocenters. The van der Waals surface area contributed by atoms with Crippen LogP contribution in [0.25, 0.3) is 10.8 Å². The Bertz CT molecular complexity index is 913. The number of likely N-dealkylation sites (tertiary alicyclic amines) is 1. The van der Waals surface area contributed by atoms with Crippen LogP contribution in [0.15, 0.2) is 47.0 Å². The molecule has 0 saturated carbocycles. The van der Waals surface area contributed by atoms with Gasteiger partial charge in [-0.2, -0.15) is 4.98 Å². The summed E-state index contributed by atoms with van der Waals surface area (Å²) in [6.45, 7) is 3.42. The third kappa shape index (κ3) is 3.62. The van der Waals surface area contributed by atoms with Gasteiger partial charge in [0.2, 0.25) is 11.8 Å². The van der Waals surface area contributed by atoms with Gasteiger partial charge in [-0.25, -0.2) is 0 Å². The molecular weight excluding hydrogens is 326 g/mol. The molecule has 1 aliphatic heterocycles. The van der Waals surface area contributed by atoms with E-state index >= 15 is 0 Å². The average Bonchev–Trinajstić information content (AvgIpc) is 3.07. The number of aryl methyl sites for hydroxylation is 1. The van der Waals surface area contributed by atoms with Gasteiger partial charge in [-0.05, 0) is 35.1 Å². The van der Waals surface area contributed by atoms with Crippen molar-refractivity contribution in [3.8, 4) is 0 Å². The molecule has 0 spiro atoms. The SMILES string of the molecule is Cc1nc(C[C@@H]2CCCN(C(=O)Cc3cccc4ccccc34)C2)no1. The smallest absolute Gasteiger partial charge is 0.227 e. The van der Waals surface area contributed by atoms with Crippen LogP contribution < -0.4 is 0 Å². The standard InChI is InChI=1S/C21H23N3O2/c1-15-22-20(23-26-15)12-16-6-5-11-24(14-16)21(25)13-18-9-4-8-17-7-2-3-10-19(17)18/h2-4,7-10,16H,5-6,11-14H2,1H3/t16-/m0/s1. The van der Waals surface area contributed by atoms with E-state index in [4.69, 9.17) is 4.52 Å². The van der Waals surface area contributed by atoms with Gasteiger partial charge in [0.05, 0.1) is 6.42 Å². The molecule has 1 fully saturated rings. The van der Waals surface area contributed by atoms with Crippen LogP contribution in [0.3, 0.4) is 0 Å². The fourth-order valence-corrected chi connectivity index (χ4v) is 3.86. The van der Waals surface area contributed by atoms with Crippen molar-refractivity contribution in [3.63, 3.8) is 0 Å². The number of aromatic nitrogens is 2. The van der Waals surface area contributed by atoms with Gasteiger partial charge >= 0.3 is 0 Å². The van der Waals surface area contributed by atoms with Crippen molar-refractivity contribution in [1.29, 1.82) is 0 Å². The lowest BCUT2D eigenvalue weighted by molar-refractivity contribution is -0.132. The number of carbonyl (C=O) groups excluding carboxylic acids is 1. The fraction of sp³-hybridized carbons (Fsp3) is 0.381. The van der Waals surface area contributed by atoms with E-state index in [9.17, 15) is 4.79 Å². The van der Waals surface area contributed by atoms with Crippen molar-refractivity contribution >= 4 is 16.7 Å². The number of nitrogens with zero attached hydrogens (tertiary/aromatic N) is 3. The van der Waals surface area contributed by atoms with E-state index < -0.39 is 0 Å². The van der Waals surface area contributed by atoms with Crippen molar-refractivity contribution < 1.29 is 9.32 Å². The van der Waals surface area contributed by atoms with E-state index in [2.05, 4.69) is 34.4 Å². The number of carbonyl (C=O) groups is 1. The Kier molecular flexibility index (Phi) is 4.69. The lowest BCUT2D eigenvalue weighted by atomic mass is 9.93. The highest BCUT2D eigenvalue weighted by molar-refractivity contribution is 5.90. The normalized spacial score (nSPS) is 17.6. The number of amides is 1. The summed E-state index contributed by atoms with van der Waals surface area (Å²) in [5.41, 5.74) is 1.10. The number of hydrogen-bond acceptors (Lipinski definition) is 4.